The average Bonchev–Trinajstić information content (AvgIpc) is 2.64. The normalized spacial score (nSPS) is 14.2. The summed E-state index contributed by atoms with van der Waals surface area (Å²) in [5, 5.41) is 13.6. The highest BCUT2D eigenvalue weighted by atomic mass is 79.9. The Bertz CT molecular complexity index is 856. The summed E-state index contributed by atoms with van der Waals surface area (Å²) in [6.07, 6.45) is 0. The summed E-state index contributed by atoms with van der Waals surface area (Å²) in [6.45, 7) is 2.12. The van der Waals surface area contributed by atoms with Gasteiger partial charge in [0.25, 0.3) is 11.6 Å². The van der Waals surface area contributed by atoms with Crippen molar-refractivity contribution in [3.8, 4) is 0 Å². The van der Waals surface area contributed by atoms with Gasteiger partial charge in [-0.25, -0.2) is 4.39 Å². The lowest BCUT2D eigenvalue weighted by atomic mass is 10.1. The predicted octanol–water partition coefficient (Wildman–Crippen LogP) is 3.59. The second kappa shape index (κ2) is 7.79. The molecule has 0 unspecified atom stereocenters. The first-order valence-electron chi connectivity index (χ1n) is 7.83. The van der Waals surface area contributed by atoms with Crippen LogP contribution in [0.15, 0.2) is 40.9 Å². The van der Waals surface area contributed by atoms with Crippen LogP contribution in [-0.2, 0) is 4.74 Å². The molecule has 1 N–H and O–H groups in total. The van der Waals surface area contributed by atoms with Gasteiger partial charge in [0.05, 0.1) is 35.1 Å². The third kappa shape index (κ3) is 4.00. The number of nitrogens with zero attached hydrogens (tertiary/aromatic N) is 2. The van der Waals surface area contributed by atoms with Crippen molar-refractivity contribution < 1.29 is 18.8 Å². The molecule has 1 amide bonds. The van der Waals surface area contributed by atoms with Crippen molar-refractivity contribution in [1.82, 2.24) is 0 Å². The number of carbonyl (C=O) groups is 1. The van der Waals surface area contributed by atoms with Gasteiger partial charge in [-0.2, -0.15) is 0 Å². The van der Waals surface area contributed by atoms with Crippen molar-refractivity contribution in [1.29, 1.82) is 0 Å². The van der Waals surface area contributed by atoms with E-state index in [1.807, 2.05) is 4.90 Å². The number of carbonyl (C=O) groups excluding carboxylic acids is 1. The van der Waals surface area contributed by atoms with Crippen LogP contribution in [0.2, 0.25) is 0 Å². The minimum Gasteiger partial charge on any atom is -0.378 e. The van der Waals surface area contributed by atoms with E-state index in [4.69, 9.17) is 4.74 Å². The van der Waals surface area contributed by atoms with Gasteiger partial charge >= 0.3 is 0 Å². The van der Waals surface area contributed by atoms with Crippen molar-refractivity contribution in [2.75, 3.05) is 36.5 Å². The van der Waals surface area contributed by atoms with Gasteiger partial charge in [0.2, 0.25) is 0 Å². The number of nitro groups is 1. The van der Waals surface area contributed by atoms with Crippen LogP contribution in [0.25, 0.3) is 0 Å². The summed E-state index contributed by atoms with van der Waals surface area (Å²) in [7, 11) is 0. The van der Waals surface area contributed by atoms with E-state index in [0.717, 1.165) is 0 Å². The molecule has 2 aromatic rings. The molecule has 0 atom stereocenters. The molecule has 136 valence electrons. The zero-order valence-electron chi connectivity index (χ0n) is 13.6. The summed E-state index contributed by atoms with van der Waals surface area (Å²) in [5.41, 5.74) is 0.457. The fourth-order valence-corrected chi connectivity index (χ4v) is 3.01. The number of nitro benzene ring substituents is 1. The van der Waals surface area contributed by atoms with E-state index in [1.165, 1.54) is 30.3 Å². The quantitative estimate of drug-likeness (QED) is 0.599. The lowest BCUT2D eigenvalue weighted by molar-refractivity contribution is -0.384. The van der Waals surface area contributed by atoms with Crippen LogP contribution in [-0.4, -0.2) is 37.1 Å². The number of nitrogens with one attached hydrogen (secondary N) is 1. The first kappa shape index (κ1) is 18.3. The number of amides is 1. The standard InChI is InChI=1S/C17H15BrFN3O4/c18-11-1-3-15(14(19)9-11)20-17(23)13-10-12(22(24)25)2-4-16(13)21-5-7-26-8-6-21/h1-4,9-10H,5-8H2,(H,20,23). The molecule has 1 saturated heterocycles. The molecule has 7 nitrogen and oxygen atoms in total. The smallest absolute Gasteiger partial charge is 0.270 e. The third-order valence-corrected chi connectivity index (χ3v) is 4.46. The molecule has 0 aliphatic carbocycles. The van der Waals surface area contributed by atoms with Gasteiger partial charge in [0.1, 0.15) is 5.82 Å². The maximum Gasteiger partial charge on any atom is 0.270 e. The summed E-state index contributed by atoms with van der Waals surface area (Å²) in [5.74, 6) is -1.22. The zero-order chi connectivity index (χ0) is 18.7. The highest BCUT2D eigenvalue weighted by molar-refractivity contribution is 9.10. The minimum atomic E-state index is -0.614. The van der Waals surface area contributed by atoms with Crippen molar-refractivity contribution in [3.63, 3.8) is 0 Å². The van der Waals surface area contributed by atoms with Crippen LogP contribution in [0.1, 0.15) is 10.4 Å². The van der Waals surface area contributed by atoms with Gasteiger partial charge in [0.15, 0.2) is 0 Å². The Morgan fingerprint density at radius 2 is 1.96 bits per heavy atom. The van der Waals surface area contributed by atoms with Crippen LogP contribution in [0.3, 0.4) is 0 Å². The van der Waals surface area contributed by atoms with Crippen LogP contribution in [0.4, 0.5) is 21.5 Å². The molecule has 1 aliphatic rings. The van der Waals surface area contributed by atoms with E-state index in [9.17, 15) is 19.3 Å². The van der Waals surface area contributed by atoms with E-state index >= 15 is 0 Å². The molecule has 1 fully saturated rings. The Balaban J connectivity index is 1.95. The Hall–Kier alpha value is -2.52. The summed E-state index contributed by atoms with van der Waals surface area (Å²) < 4.78 is 19.9. The number of hydrogen-bond acceptors (Lipinski definition) is 5. The van der Waals surface area contributed by atoms with Crippen molar-refractivity contribution in [3.05, 3.63) is 62.4 Å². The number of hydrogen-bond donors (Lipinski definition) is 1. The van der Waals surface area contributed by atoms with E-state index in [-0.39, 0.29) is 16.9 Å². The van der Waals surface area contributed by atoms with Gasteiger partial charge in [-0.15, -0.1) is 0 Å². The van der Waals surface area contributed by atoms with Crippen LogP contribution < -0.4 is 10.2 Å². The van der Waals surface area contributed by atoms with Crippen LogP contribution in [0.5, 0.6) is 0 Å². The molecule has 9 heteroatoms. The molecule has 1 heterocycles. The molecule has 0 radical (unpaired) electrons. The molecule has 0 saturated carbocycles. The summed E-state index contributed by atoms with van der Waals surface area (Å²) in [6, 6.07) is 8.33. The van der Waals surface area contributed by atoms with E-state index < -0.39 is 16.6 Å². The lowest BCUT2D eigenvalue weighted by Crippen LogP contribution is -2.37. The van der Waals surface area contributed by atoms with Crippen molar-refractivity contribution >= 4 is 38.9 Å². The average molecular weight is 424 g/mol. The summed E-state index contributed by atoms with van der Waals surface area (Å²) >= 11 is 3.15. The number of non-ortho nitro benzene ring substituents is 1. The number of ether oxygens (including phenoxy) is 1. The van der Waals surface area contributed by atoms with Gasteiger partial charge in [0, 0.05) is 29.7 Å². The topological polar surface area (TPSA) is 84.7 Å². The molecule has 2 aromatic carbocycles. The fourth-order valence-electron chi connectivity index (χ4n) is 2.68. The highest BCUT2D eigenvalue weighted by Crippen LogP contribution is 2.28. The SMILES string of the molecule is O=C(Nc1ccc(Br)cc1F)c1cc([N+](=O)[O-])ccc1N1CCOCC1. The number of benzene rings is 2. The van der Waals surface area contributed by atoms with Gasteiger partial charge in [-0.1, -0.05) is 15.9 Å². The summed E-state index contributed by atoms with van der Waals surface area (Å²) in [4.78, 5) is 25.2. The molecule has 3 rings (SSSR count). The maximum atomic E-state index is 14.0. The molecule has 0 spiro atoms. The van der Waals surface area contributed by atoms with Crippen molar-refractivity contribution in [2.45, 2.75) is 0 Å². The predicted molar refractivity (Wildman–Crippen MR) is 98.2 cm³/mol. The number of rotatable bonds is 4. The second-order valence-electron chi connectivity index (χ2n) is 5.64. The first-order valence-corrected chi connectivity index (χ1v) is 8.62. The Morgan fingerprint density at radius 3 is 2.62 bits per heavy atom. The molecular formula is C17H15BrFN3O4. The van der Waals surface area contributed by atoms with E-state index in [1.54, 1.807) is 6.07 Å². The molecule has 0 aromatic heterocycles. The lowest BCUT2D eigenvalue weighted by Gasteiger charge is -2.30. The van der Waals surface area contributed by atoms with Crippen LogP contribution in [0, 0.1) is 15.9 Å². The van der Waals surface area contributed by atoms with Crippen molar-refractivity contribution in [2.24, 2.45) is 0 Å². The third-order valence-electron chi connectivity index (χ3n) is 3.97. The van der Waals surface area contributed by atoms with Gasteiger partial charge < -0.3 is 15.0 Å². The molecule has 1 aliphatic heterocycles. The largest absolute Gasteiger partial charge is 0.378 e. The Morgan fingerprint density at radius 1 is 1.23 bits per heavy atom. The van der Waals surface area contributed by atoms with Gasteiger partial charge in [-0.3, -0.25) is 14.9 Å². The molecule has 26 heavy (non-hydrogen) atoms. The maximum absolute atomic E-state index is 14.0. The van der Waals surface area contributed by atoms with Crippen LogP contribution >= 0.6 is 15.9 Å². The van der Waals surface area contributed by atoms with E-state index in [0.29, 0.717) is 36.5 Å². The number of morpholine rings is 1. The van der Waals surface area contributed by atoms with Gasteiger partial charge in [-0.05, 0) is 24.3 Å². The monoisotopic (exact) mass is 423 g/mol. The first-order chi connectivity index (χ1) is 12.5. The number of anilines is 2. The Labute approximate surface area is 157 Å². The number of halogens is 2. The Kier molecular flexibility index (Phi) is 5.48. The second-order valence-corrected chi connectivity index (χ2v) is 6.55. The molecule has 0 bridgehead atoms. The molecular weight excluding hydrogens is 409 g/mol. The fraction of sp³-hybridized carbons (Fsp3) is 0.235. The zero-order valence-corrected chi connectivity index (χ0v) is 15.2. The minimum absolute atomic E-state index is 0.00219. The highest BCUT2D eigenvalue weighted by Gasteiger charge is 2.22. The van der Waals surface area contributed by atoms with E-state index in [2.05, 4.69) is 21.2 Å².